The van der Waals surface area contributed by atoms with Gasteiger partial charge in [-0.05, 0) is 83.2 Å². The molecule has 0 aliphatic heterocycles. The number of allylic oxidation sites excluding steroid dienone is 2. The molecule has 0 heteroatoms. The maximum absolute atomic E-state index is 2.45. The van der Waals surface area contributed by atoms with Gasteiger partial charge in [-0.3, -0.25) is 0 Å². The van der Waals surface area contributed by atoms with E-state index in [1.54, 1.807) is 0 Å². The number of hydrogen-bond donors (Lipinski definition) is 0. The van der Waals surface area contributed by atoms with E-state index in [1.165, 1.54) is 65.7 Å². The molecule has 1 aliphatic carbocycles. The molecule has 0 fully saturated rings. The molecule has 39 heavy (non-hydrogen) atoms. The molecular weight excluding hydrogens is 468 g/mol. The standard InChI is InChI=1S/C39H32/c1-39(2,3)32-22-23-35-36(25-32)38(31-21-18-28-12-6-7-13-30(28)24-31)34-15-9-8-14-33(34)37(35)29-19-16-26-10-4-5-11-27(26)17-20-29/h4-25,29H,1-3H3. The van der Waals surface area contributed by atoms with Crippen LogP contribution in [0.2, 0.25) is 0 Å². The van der Waals surface area contributed by atoms with Crippen molar-refractivity contribution >= 4 is 44.5 Å². The minimum atomic E-state index is 0.0599. The minimum absolute atomic E-state index is 0.0599. The smallest absolute Gasteiger partial charge is 0.0217 e. The van der Waals surface area contributed by atoms with Gasteiger partial charge in [0.05, 0.1) is 0 Å². The van der Waals surface area contributed by atoms with Crippen molar-refractivity contribution < 1.29 is 0 Å². The van der Waals surface area contributed by atoms with E-state index in [4.69, 9.17) is 0 Å². The van der Waals surface area contributed by atoms with Crippen LogP contribution >= 0.6 is 0 Å². The summed E-state index contributed by atoms with van der Waals surface area (Å²) in [6.07, 6.45) is 9.33. The van der Waals surface area contributed by atoms with Crippen molar-refractivity contribution in [1.29, 1.82) is 0 Å². The van der Waals surface area contributed by atoms with Crippen molar-refractivity contribution in [3.8, 4) is 11.1 Å². The lowest BCUT2D eigenvalue weighted by atomic mass is 9.80. The van der Waals surface area contributed by atoms with Crippen molar-refractivity contribution in [3.05, 3.63) is 144 Å². The molecule has 0 amide bonds. The lowest BCUT2D eigenvalue weighted by Crippen LogP contribution is -2.11. The van der Waals surface area contributed by atoms with Crippen LogP contribution in [0.5, 0.6) is 0 Å². The van der Waals surface area contributed by atoms with Gasteiger partial charge in [-0.15, -0.1) is 0 Å². The van der Waals surface area contributed by atoms with Crippen LogP contribution in [0.4, 0.5) is 0 Å². The van der Waals surface area contributed by atoms with Gasteiger partial charge in [0.2, 0.25) is 0 Å². The SMILES string of the molecule is CC(C)(C)c1ccc2c(C3C=Cc4ccccc4C=C3)c3ccccc3c(-c3ccc4ccccc4c3)c2c1. The monoisotopic (exact) mass is 500 g/mol. The zero-order valence-corrected chi connectivity index (χ0v) is 22.8. The Kier molecular flexibility index (Phi) is 5.53. The number of hydrogen-bond acceptors (Lipinski definition) is 0. The summed E-state index contributed by atoms with van der Waals surface area (Å²) in [5.74, 6) is 0.177. The highest BCUT2D eigenvalue weighted by Crippen LogP contribution is 2.45. The molecule has 0 saturated carbocycles. The Labute approximate surface area is 230 Å². The Morgan fingerprint density at radius 2 is 1.13 bits per heavy atom. The second-order valence-corrected chi connectivity index (χ2v) is 11.8. The van der Waals surface area contributed by atoms with E-state index in [0.717, 1.165) is 0 Å². The van der Waals surface area contributed by atoms with Crippen LogP contribution < -0.4 is 0 Å². The van der Waals surface area contributed by atoms with Crippen LogP contribution in [-0.4, -0.2) is 0 Å². The summed E-state index contributed by atoms with van der Waals surface area (Å²) in [7, 11) is 0. The maximum atomic E-state index is 2.45. The summed E-state index contributed by atoms with van der Waals surface area (Å²) in [6.45, 7) is 6.92. The first-order valence-corrected chi connectivity index (χ1v) is 13.9. The van der Waals surface area contributed by atoms with Gasteiger partial charge in [0.15, 0.2) is 0 Å². The van der Waals surface area contributed by atoms with Gasteiger partial charge in [-0.1, -0.05) is 142 Å². The average Bonchev–Trinajstić information content (AvgIpc) is 3.17. The van der Waals surface area contributed by atoms with E-state index in [0.29, 0.717) is 0 Å². The molecule has 6 aromatic rings. The second kappa shape index (κ2) is 9.10. The zero-order chi connectivity index (χ0) is 26.6. The number of rotatable bonds is 2. The topological polar surface area (TPSA) is 0 Å². The molecule has 0 heterocycles. The summed E-state index contributed by atoms with van der Waals surface area (Å²) < 4.78 is 0. The van der Waals surface area contributed by atoms with E-state index >= 15 is 0 Å². The maximum Gasteiger partial charge on any atom is 0.0217 e. The lowest BCUT2D eigenvalue weighted by Gasteiger charge is -2.24. The lowest BCUT2D eigenvalue weighted by molar-refractivity contribution is 0.591. The molecule has 0 aromatic heterocycles. The summed E-state index contributed by atoms with van der Waals surface area (Å²) in [5, 5.41) is 7.84. The van der Waals surface area contributed by atoms with Crippen LogP contribution in [0.25, 0.3) is 55.6 Å². The summed E-state index contributed by atoms with van der Waals surface area (Å²) in [6, 6.07) is 40.4. The third kappa shape index (κ3) is 4.08. The fourth-order valence-electron chi connectivity index (χ4n) is 6.18. The van der Waals surface area contributed by atoms with Crippen molar-refractivity contribution in [2.24, 2.45) is 0 Å². The van der Waals surface area contributed by atoms with Gasteiger partial charge >= 0.3 is 0 Å². The summed E-state index contributed by atoms with van der Waals surface area (Å²) in [5.41, 5.74) is 7.94. The zero-order valence-electron chi connectivity index (χ0n) is 22.8. The molecule has 188 valence electrons. The van der Waals surface area contributed by atoms with Crippen molar-refractivity contribution in [2.75, 3.05) is 0 Å². The van der Waals surface area contributed by atoms with Crippen LogP contribution in [0.1, 0.15) is 48.9 Å². The Bertz CT molecular complexity index is 1910. The van der Waals surface area contributed by atoms with E-state index in [9.17, 15) is 0 Å². The molecule has 0 spiro atoms. The van der Waals surface area contributed by atoms with Crippen molar-refractivity contribution in [3.63, 3.8) is 0 Å². The molecule has 0 bridgehead atoms. The van der Waals surface area contributed by atoms with Crippen LogP contribution in [0.15, 0.2) is 121 Å². The molecule has 7 rings (SSSR count). The van der Waals surface area contributed by atoms with E-state index in [2.05, 4.69) is 154 Å². The Morgan fingerprint density at radius 3 is 1.85 bits per heavy atom. The molecule has 0 nitrogen and oxygen atoms in total. The minimum Gasteiger partial charge on any atom is -0.0726 e. The first kappa shape index (κ1) is 23.7. The molecule has 1 aliphatic rings. The Hall–Kier alpha value is -4.42. The molecule has 0 unspecified atom stereocenters. The van der Waals surface area contributed by atoms with Crippen molar-refractivity contribution in [1.82, 2.24) is 0 Å². The number of benzene rings is 6. The quantitative estimate of drug-likeness (QED) is 0.207. The third-order valence-electron chi connectivity index (χ3n) is 8.27. The number of fused-ring (bicyclic) bond motifs is 4. The van der Waals surface area contributed by atoms with Gasteiger partial charge in [0.25, 0.3) is 0 Å². The van der Waals surface area contributed by atoms with E-state index in [-0.39, 0.29) is 11.3 Å². The van der Waals surface area contributed by atoms with Crippen LogP contribution in [-0.2, 0) is 5.41 Å². The molecule has 0 saturated heterocycles. The van der Waals surface area contributed by atoms with Gasteiger partial charge in [0, 0.05) is 5.92 Å². The highest BCUT2D eigenvalue weighted by molar-refractivity contribution is 6.16. The van der Waals surface area contributed by atoms with Gasteiger partial charge < -0.3 is 0 Å². The third-order valence-corrected chi connectivity index (χ3v) is 8.27. The predicted octanol–water partition coefficient (Wildman–Crippen LogP) is 10.9. The Morgan fingerprint density at radius 1 is 0.513 bits per heavy atom. The molecule has 0 radical (unpaired) electrons. The van der Waals surface area contributed by atoms with Crippen molar-refractivity contribution in [2.45, 2.75) is 32.1 Å². The summed E-state index contributed by atoms with van der Waals surface area (Å²) in [4.78, 5) is 0. The van der Waals surface area contributed by atoms with Crippen LogP contribution in [0.3, 0.4) is 0 Å². The van der Waals surface area contributed by atoms with E-state index < -0.39 is 0 Å². The first-order chi connectivity index (χ1) is 19.0. The molecular formula is C39H32. The van der Waals surface area contributed by atoms with E-state index in [1.807, 2.05) is 0 Å². The normalized spacial score (nSPS) is 13.7. The predicted molar refractivity (Wildman–Crippen MR) is 170 cm³/mol. The van der Waals surface area contributed by atoms with Crippen LogP contribution in [0, 0.1) is 0 Å². The molecule has 0 atom stereocenters. The fraction of sp³-hybridized carbons (Fsp3) is 0.128. The van der Waals surface area contributed by atoms with Gasteiger partial charge in [-0.25, -0.2) is 0 Å². The fourth-order valence-corrected chi connectivity index (χ4v) is 6.18. The summed E-state index contributed by atoms with van der Waals surface area (Å²) >= 11 is 0. The van der Waals surface area contributed by atoms with Gasteiger partial charge in [-0.2, -0.15) is 0 Å². The first-order valence-electron chi connectivity index (χ1n) is 13.9. The second-order valence-electron chi connectivity index (χ2n) is 11.8. The molecule has 0 N–H and O–H groups in total. The average molecular weight is 501 g/mol. The highest BCUT2D eigenvalue weighted by atomic mass is 14.3. The Balaban J connectivity index is 1.57. The molecule has 6 aromatic carbocycles. The van der Waals surface area contributed by atoms with Gasteiger partial charge in [0.1, 0.15) is 0 Å². The largest absolute Gasteiger partial charge is 0.0726 e. The highest BCUT2D eigenvalue weighted by Gasteiger charge is 2.22.